The van der Waals surface area contributed by atoms with Gasteiger partial charge < -0.3 is 4.74 Å². The minimum Gasteiger partial charge on any atom is -0.489 e. The molecule has 140 valence electrons. The molecule has 0 saturated heterocycles. The summed E-state index contributed by atoms with van der Waals surface area (Å²) < 4.78 is 19.8. The first kappa shape index (κ1) is 18.7. The monoisotopic (exact) mass is 347 g/mol. The van der Waals surface area contributed by atoms with E-state index in [-0.39, 0.29) is 5.41 Å². The second-order valence-corrected chi connectivity index (χ2v) is 8.14. The molecule has 0 N–H and O–H groups in total. The Labute approximate surface area is 152 Å². The molecule has 2 saturated carbocycles. The Hall–Kier alpha value is -1.12. The van der Waals surface area contributed by atoms with Crippen molar-refractivity contribution in [2.24, 2.45) is 11.8 Å². The molecule has 0 unspecified atom stereocenters. The summed E-state index contributed by atoms with van der Waals surface area (Å²) in [6.45, 7) is 4.65. The first-order chi connectivity index (χ1) is 12.2. The van der Waals surface area contributed by atoms with Crippen molar-refractivity contribution in [1.29, 1.82) is 0 Å². The second-order valence-electron chi connectivity index (χ2n) is 8.14. The molecule has 2 fully saturated rings. The number of halogens is 1. The van der Waals surface area contributed by atoms with Gasteiger partial charge in [-0.05, 0) is 56.6 Å². The molecule has 3 heteroatoms. The summed E-state index contributed by atoms with van der Waals surface area (Å²) in [7, 11) is 0. The van der Waals surface area contributed by atoms with Crippen molar-refractivity contribution in [3.05, 3.63) is 23.8 Å². The molecule has 0 aliphatic heterocycles. The highest BCUT2D eigenvalue weighted by atomic mass is 19.1. The van der Waals surface area contributed by atoms with Crippen molar-refractivity contribution < 1.29 is 9.13 Å². The van der Waals surface area contributed by atoms with E-state index in [0.717, 1.165) is 11.6 Å². The molecule has 1 heterocycles. The van der Waals surface area contributed by atoms with Crippen LogP contribution in [0.1, 0.15) is 90.2 Å². The van der Waals surface area contributed by atoms with E-state index in [1.165, 1.54) is 70.6 Å². The maximum absolute atomic E-state index is 14.5. The Morgan fingerprint density at radius 2 is 1.80 bits per heavy atom. The zero-order chi connectivity index (χ0) is 17.7. The Balaban J connectivity index is 1.83. The number of pyridine rings is 1. The lowest BCUT2D eigenvalue weighted by atomic mass is 9.59. The lowest BCUT2D eigenvalue weighted by Crippen LogP contribution is -2.40. The highest BCUT2D eigenvalue weighted by Gasteiger charge is 2.43. The molecule has 2 nitrogen and oxygen atoms in total. The summed E-state index contributed by atoms with van der Waals surface area (Å²) in [6, 6.07) is 3.86. The largest absolute Gasteiger partial charge is 0.489 e. The highest BCUT2D eigenvalue weighted by Crippen LogP contribution is 2.50. The van der Waals surface area contributed by atoms with E-state index in [9.17, 15) is 4.39 Å². The molecule has 25 heavy (non-hydrogen) atoms. The molecule has 0 amide bonds. The van der Waals surface area contributed by atoms with Gasteiger partial charge in [-0.25, -0.2) is 4.98 Å². The molecule has 0 bridgehead atoms. The molecule has 0 atom stereocenters. The Bertz CT molecular complexity index is 545. The Morgan fingerprint density at radius 3 is 2.40 bits per heavy atom. The lowest BCUT2D eigenvalue weighted by molar-refractivity contribution is 0.120. The van der Waals surface area contributed by atoms with Crippen molar-refractivity contribution in [2.75, 3.05) is 6.61 Å². The van der Waals surface area contributed by atoms with Gasteiger partial charge in [0.25, 0.3) is 5.95 Å². The van der Waals surface area contributed by atoms with Gasteiger partial charge >= 0.3 is 0 Å². The normalized spacial score (nSPS) is 26.4. The molecule has 0 radical (unpaired) electrons. The fourth-order valence-electron chi connectivity index (χ4n) is 5.43. The third kappa shape index (κ3) is 4.01. The van der Waals surface area contributed by atoms with Crippen LogP contribution < -0.4 is 4.74 Å². The third-order valence-corrected chi connectivity index (χ3v) is 6.70. The number of nitrogens with zero attached hydrogens (tertiary/aromatic N) is 1. The minimum absolute atomic E-state index is 0.0982. The van der Waals surface area contributed by atoms with Crippen LogP contribution in [-0.4, -0.2) is 11.6 Å². The maximum Gasteiger partial charge on any atom is 0.255 e. The van der Waals surface area contributed by atoms with Gasteiger partial charge in [0.05, 0.1) is 12.3 Å². The van der Waals surface area contributed by atoms with Crippen LogP contribution in [0.15, 0.2) is 12.1 Å². The molecule has 3 rings (SSSR count). The Morgan fingerprint density at radius 1 is 1.08 bits per heavy atom. The fraction of sp³-hybridized carbons (Fsp3) is 0.773. The predicted octanol–water partition coefficient (Wildman–Crippen LogP) is 6.43. The average molecular weight is 348 g/mol. The molecule has 0 spiro atoms. The van der Waals surface area contributed by atoms with Crippen molar-refractivity contribution in [2.45, 2.75) is 89.9 Å². The van der Waals surface area contributed by atoms with Crippen LogP contribution in [0.3, 0.4) is 0 Å². The first-order valence-electron chi connectivity index (χ1n) is 10.5. The zero-order valence-electron chi connectivity index (χ0n) is 16.0. The number of hydrogen-bond acceptors (Lipinski definition) is 2. The average Bonchev–Trinajstić information content (AvgIpc) is 2.65. The van der Waals surface area contributed by atoms with E-state index in [1.807, 2.05) is 6.92 Å². The minimum atomic E-state index is -0.427. The fourth-order valence-corrected chi connectivity index (χ4v) is 5.43. The molecule has 2 aliphatic carbocycles. The number of ether oxygens (including phenoxy) is 1. The van der Waals surface area contributed by atoms with Gasteiger partial charge in [-0.15, -0.1) is 0 Å². The first-order valence-corrected chi connectivity index (χ1v) is 10.5. The molecule has 2 aliphatic rings. The zero-order valence-corrected chi connectivity index (χ0v) is 16.0. The van der Waals surface area contributed by atoms with E-state index in [4.69, 9.17) is 4.74 Å². The second kappa shape index (κ2) is 8.51. The number of aromatic nitrogens is 1. The summed E-state index contributed by atoms with van der Waals surface area (Å²) in [6.07, 6.45) is 14.1. The summed E-state index contributed by atoms with van der Waals surface area (Å²) in [5.74, 6) is 1.45. The predicted molar refractivity (Wildman–Crippen MR) is 100 cm³/mol. The van der Waals surface area contributed by atoms with Crippen molar-refractivity contribution in [3.63, 3.8) is 0 Å². The van der Waals surface area contributed by atoms with Crippen LogP contribution in [0, 0.1) is 17.8 Å². The van der Waals surface area contributed by atoms with E-state index >= 15 is 0 Å². The van der Waals surface area contributed by atoms with E-state index in [1.54, 1.807) is 6.07 Å². The van der Waals surface area contributed by atoms with Crippen LogP contribution in [-0.2, 0) is 5.41 Å². The lowest BCUT2D eigenvalue weighted by Gasteiger charge is -2.46. The highest BCUT2D eigenvalue weighted by molar-refractivity contribution is 5.28. The van der Waals surface area contributed by atoms with E-state index in [2.05, 4.69) is 18.0 Å². The van der Waals surface area contributed by atoms with Crippen LogP contribution in [0.25, 0.3) is 0 Å². The number of rotatable bonds is 6. The molecular formula is C22H34FNO. The summed E-state index contributed by atoms with van der Waals surface area (Å²) in [5, 5.41) is 0. The van der Waals surface area contributed by atoms with Crippen LogP contribution in [0.2, 0.25) is 0 Å². The molecule has 1 aromatic heterocycles. The Kier molecular flexibility index (Phi) is 6.35. The van der Waals surface area contributed by atoms with Gasteiger partial charge in [-0.3, -0.25) is 0 Å². The maximum atomic E-state index is 14.5. The van der Waals surface area contributed by atoms with E-state index in [0.29, 0.717) is 18.3 Å². The summed E-state index contributed by atoms with van der Waals surface area (Å²) in [5.41, 5.74) is 1.09. The van der Waals surface area contributed by atoms with Gasteiger partial charge in [0.2, 0.25) is 0 Å². The molecular weight excluding hydrogens is 313 g/mol. The van der Waals surface area contributed by atoms with Crippen molar-refractivity contribution >= 4 is 0 Å². The number of hydrogen-bond donors (Lipinski definition) is 0. The van der Waals surface area contributed by atoms with Crippen molar-refractivity contribution in [1.82, 2.24) is 4.98 Å². The quantitative estimate of drug-likeness (QED) is 0.553. The molecule has 1 aromatic rings. The SMILES string of the molecule is CCCC1CCC(C2(c3ccc(OCC)c(F)n3)CCCCC2)CC1. The summed E-state index contributed by atoms with van der Waals surface area (Å²) in [4.78, 5) is 4.43. The van der Waals surface area contributed by atoms with Gasteiger partial charge in [0, 0.05) is 5.41 Å². The van der Waals surface area contributed by atoms with Gasteiger partial charge in [-0.1, -0.05) is 51.9 Å². The molecule has 0 aromatic carbocycles. The van der Waals surface area contributed by atoms with Gasteiger partial charge in [0.15, 0.2) is 5.75 Å². The van der Waals surface area contributed by atoms with E-state index < -0.39 is 5.95 Å². The van der Waals surface area contributed by atoms with Gasteiger partial charge in [-0.2, -0.15) is 4.39 Å². The van der Waals surface area contributed by atoms with Crippen molar-refractivity contribution in [3.8, 4) is 5.75 Å². The van der Waals surface area contributed by atoms with Crippen LogP contribution in [0.5, 0.6) is 5.75 Å². The van der Waals surface area contributed by atoms with Crippen LogP contribution >= 0.6 is 0 Å². The van der Waals surface area contributed by atoms with Crippen LogP contribution in [0.4, 0.5) is 4.39 Å². The van der Waals surface area contributed by atoms with Gasteiger partial charge in [0.1, 0.15) is 0 Å². The standard InChI is InChI=1S/C22H34FNO/c1-3-8-17-9-11-18(12-10-17)22(15-6-5-7-16-22)20-14-13-19(25-4-2)21(23)24-20/h13-14,17-18H,3-12,15-16H2,1-2H3. The third-order valence-electron chi connectivity index (χ3n) is 6.70. The summed E-state index contributed by atoms with van der Waals surface area (Å²) >= 11 is 0. The topological polar surface area (TPSA) is 22.1 Å². The smallest absolute Gasteiger partial charge is 0.255 e.